The van der Waals surface area contributed by atoms with Gasteiger partial charge < -0.3 is 9.47 Å². The minimum Gasteiger partial charge on any atom is -0.464 e. The number of carbonyl (C=O) groups excluding carboxylic acids is 1. The standard InChI is InChI=1S/C16H21NO3/c1-2-19-15(18)14-16(20-14)8-10-17(11-9-16)12-13-6-4-3-5-7-13/h3-7,14H,2,8-12H2,1H3. The SMILES string of the molecule is CCOC(=O)C1OC12CCN(Cc1ccccc1)CC2. The summed E-state index contributed by atoms with van der Waals surface area (Å²) in [5, 5.41) is 0. The van der Waals surface area contributed by atoms with Crippen molar-refractivity contribution in [1.29, 1.82) is 0 Å². The predicted octanol–water partition coefficient (Wildman–Crippen LogP) is 1.98. The Bertz CT molecular complexity index is 466. The lowest BCUT2D eigenvalue weighted by Gasteiger charge is -2.30. The van der Waals surface area contributed by atoms with Crippen LogP contribution in [-0.4, -0.2) is 42.3 Å². The fourth-order valence-electron chi connectivity index (χ4n) is 2.99. The highest BCUT2D eigenvalue weighted by Gasteiger charge is 2.61. The van der Waals surface area contributed by atoms with E-state index in [-0.39, 0.29) is 17.7 Å². The molecule has 2 aliphatic heterocycles. The van der Waals surface area contributed by atoms with Gasteiger partial charge in [0.2, 0.25) is 0 Å². The van der Waals surface area contributed by atoms with Crippen molar-refractivity contribution in [2.75, 3.05) is 19.7 Å². The van der Waals surface area contributed by atoms with E-state index < -0.39 is 0 Å². The molecule has 1 spiro atoms. The zero-order valence-corrected chi connectivity index (χ0v) is 11.9. The Labute approximate surface area is 119 Å². The summed E-state index contributed by atoms with van der Waals surface area (Å²) in [4.78, 5) is 14.1. The molecule has 0 aromatic heterocycles. The Morgan fingerprint density at radius 2 is 2.05 bits per heavy atom. The predicted molar refractivity (Wildman–Crippen MR) is 75.2 cm³/mol. The molecule has 4 nitrogen and oxygen atoms in total. The normalized spacial score (nSPS) is 24.6. The highest BCUT2D eigenvalue weighted by Crippen LogP contribution is 2.46. The van der Waals surface area contributed by atoms with Crippen LogP contribution in [0, 0.1) is 0 Å². The van der Waals surface area contributed by atoms with Crippen molar-refractivity contribution in [3.8, 4) is 0 Å². The molecule has 0 aliphatic carbocycles. The second kappa shape index (κ2) is 5.54. The van der Waals surface area contributed by atoms with Crippen LogP contribution >= 0.6 is 0 Å². The van der Waals surface area contributed by atoms with Gasteiger partial charge in [0.15, 0.2) is 6.10 Å². The molecule has 20 heavy (non-hydrogen) atoms. The Balaban J connectivity index is 1.50. The van der Waals surface area contributed by atoms with Crippen molar-refractivity contribution in [1.82, 2.24) is 4.90 Å². The van der Waals surface area contributed by atoms with E-state index in [4.69, 9.17) is 9.47 Å². The van der Waals surface area contributed by atoms with Crippen LogP contribution in [-0.2, 0) is 20.8 Å². The number of nitrogens with zero attached hydrogens (tertiary/aromatic N) is 1. The van der Waals surface area contributed by atoms with E-state index in [2.05, 4.69) is 29.2 Å². The molecule has 4 heteroatoms. The van der Waals surface area contributed by atoms with Crippen LogP contribution in [0.4, 0.5) is 0 Å². The van der Waals surface area contributed by atoms with E-state index in [9.17, 15) is 4.79 Å². The number of hydrogen-bond donors (Lipinski definition) is 0. The van der Waals surface area contributed by atoms with Crippen LogP contribution in [0.5, 0.6) is 0 Å². The van der Waals surface area contributed by atoms with Gasteiger partial charge in [-0.05, 0) is 25.3 Å². The number of likely N-dealkylation sites (tertiary alicyclic amines) is 1. The van der Waals surface area contributed by atoms with Gasteiger partial charge in [0.25, 0.3) is 0 Å². The van der Waals surface area contributed by atoms with Gasteiger partial charge >= 0.3 is 5.97 Å². The highest BCUT2D eigenvalue weighted by atomic mass is 16.7. The van der Waals surface area contributed by atoms with Gasteiger partial charge in [-0.3, -0.25) is 4.90 Å². The molecule has 1 aromatic carbocycles. The van der Waals surface area contributed by atoms with Crippen LogP contribution in [0.1, 0.15) is 25.3 Å². The number of hydrogen-bond acceptors (Lipinski definition) is 4. The molecule has 0 radical (unpaired) electrons. The highest BCUT2D eigenvalue weighted by molar-refractivity contribution is 5.79. The van der Waals surface area contributed by atoms with Crippen LogP contribution in [0.15, 0.2) is 30.3 Å². The average Bonchev–Trinajstić information content (AvgIpc) is 3.17. The third kappa shape index (κ3) is 2.72. The number of piperidine rings is 1. The fourth-order valence-corrected chi connectivity index (χ4v) is 2.99. The molecule has 1 unspecified atom stereocenters. The summed E-state index contributed by atoms with van der Waals surface area (Å²) in [5.41, 5.74) is 1.11. The van der Waals surface area contributed by atoms with E-state index in [1.807, 2.05) is 13.0 Å². The first-order valence-corrected chi connectivity index (χ1v) is 7.34. The summed E-state index contributed by atoms with van der Waals surface area (Å²) in [6.45, 7) is 5.18. The summed E-state index contributed by atoms with van der Waals surface area (Å²) in [6, 6.07) is 10.5. The number of epoxide rings is 1. The molecule has 0 bridgehead atoms. The van der Waals surface area contributed by atoms with Crippen LogP contribution < -0.4 is 0 Å². The Morgan fingerprint density at radius 3 is 2.70 bits per heavy atom. The number of esters is 1. The monoisotopic (exact) mass is 275 g/mol. The van der Waals surface area contributed by atoms with Crippen molar-refractivity contribution >= 4 is 5.97 Å². The number of rotatable bonds is 4. The molecule has 108 valence electrons. The lowest BCUT2D eigenvalue weighted by molar-refractivity contribution is -0.144. The first-order chi connectivity index (χ1) is 9.73. The maximum Gasteiger partial charge on any atom is 0.338 e. The van der Waals surface area contributed by atoms with E-state index >= 15 is 0 Å². The van der Waals surface area contributed by atoms with Crippen LogP contribution in [0.2, 0.25) is 0 Å². The maximum absolute atomic E-state index is 11.7. The van der Waals surface area contributed by atoms with Crippen LogP contribution in [0.25, 0.3) is 0 Å². The van der Waals surface area contributed by atoms with Gasteiger partial charge in [0.1, 0.15) is 5.60 Å². The molecule has 2 aliphatic rings. The van der Waals surface area contributed by atoms with E-state index in [0.717, 1.165) is 32.5 Å². The Kier molecular flexibility index (Phi) is 3.76. The zero-order chi connectivity index (χ0) is 14.0. The molecular formula is C16H21NO3. The minimum absolute atomic E-state index is 0.191. The van der Waals surface area contributed by atoms with Crippen molar-refractivity contribution in [3.63, 3.8) is 0 Å². The van der Waals surface area contributed by atoms with Crippen LogP contribution in [0.3, 0.4) is 0 Å². The van der Waals surface area contributed by atoms with Crippen molar-refractivity contribution in [3.05, 3.63) is 35.9 Å². The number of carbonyl (C=O) groups is 1. The molecule has 2 heterocycles. The van der Waals surface area contributed by atoms with Gasteiger partial charge in [-0.1, -0.05) is 30.3 Å². The number of benzene rings is 1. The van der Waals surface area contributed by atoms with Crippen molar-refractivity contribution < 1.29 is 14.3 Å². The summed E-state index contributed by atoms with van der Waals surface area (Å²) in [6.07, 6.45) is 1.52. The molecule has 1 atom stereocenters. The van der Waals surface area contributed by atoms with E-state index in [1.165, 1.54) is 5.56 Å². The molecule has 0 N–H and O–H groups in total. The third-order valence-electron chi connectivity index (χ3n) is 4.23. The number of ether oxygens (including phenoxy) is 2. The molecule has 1 aromatic rings. The van der Waals surface area contributed by atoms with Crippen molar-refractivity contribution in [2.24, 2.45) is 0 Å². The fraction of sp³-hybridized carbons (Fsp3) is 0.562. The van der Waals surface area contributed by atoms with E-state index in [0.29, 0.717) is 6.61 Å². The van der Waals surface area contributed by atoms with Gasteiger partial charge in [-0.25, -0.2) is 4.79 Å². The van der Waals surface area contributed by atoms with Gasteiger partial charge in [0, 0.05) is 19.6 Å². The molecule has 2 saturated heterocycles. The van der Waals surface area contributed by atoms with Crippen molar-refractivity contribution in [2.45, 2.75) is 38.0 Å². The smallest absolute Gasteiger partial charge is 0.338 e. The largest absolute Gasteiger partial charge is 0.464 e. The van der Waals surface area contributed by atoms with Gasteiger partial charge in [-0.15, -0.1) is 0 Å². The molecular weight excluding hydrogens is 254 g/mol. The minimum atomic E-state index is -0.318. The van der Waals surface area contributed by atoms with Gasteiger partial charge in [-0.2, -0.15) is 0 Å². The molecule has 0 saturated carbocycles. The quantitative estimate of drug-likeness (QED) is 0.622. The maximum atomic E-state index is 11.7. The first-order valence-electron chi connectivity index (χ1n) is 7.34. The second-order valence-corrected chi connectivity index (χ2v) is 5.58. The lowest BCUT2D eigenvalue weighted by atomic mass is 9.92. The summed E-state index contributed by atoms with van der Waals surface area (Å²) in [7, 11) is 0. The summed E-state index contributed by atoms with van der Waals surface area (Å²) >= 11 is 0. The summed E-state index contributed by atoms with van der Waals surface area (Å²) < 4.78 is 10.7. The average molecular weight is 275 g/mol. The third-order valence-corrected chi connectivity index (χ3v) is 4.23. The lowest BCUT2D eigenvalue weighted by Crippen LogP contribution is -2.39. The molecule has 0 amide bonds. The van der Waals surface area contributed by atoms with Gasteiger partial charge in [0.05, 0.1) is 6.61 Å². The Hall–Kier alpha value is -1.39. The first kappa shape index (κ1) is 13.6. The topological polar surface area (TPSA) is 42.1 Å². The summed E-state index contributed by atoms with van der Waals surface area (Å²) in [5.74, 6) is -0.191. The molecule has 3 rings (SSSR count). The van der Waals surface area contributed by atoms with E-state index in [1.54, 1.807) is 0 Å². The molecule has 2 fully saturated rings. The Morgan fingerprint density at radius 1 is 1.35 bits per heavy atom. The zero-order valence-electron chi connectivity index (χ0n) is 11.9. The second-order valence-electron chi connectivity index (χ2n) is 5.58.